The van der Waals surface area contributed by atoms with Crippen LogP contribution in [0.2, 0.25) is 0 Å². The quantitative estimate of drug-likeness (QED) is 0.742. The molecule has 2 aromatic rings. The SMILES string of the molecule is CCC(C)N(C(=O)Cn1c(COC)nc2ccccc21)C(C)CC. The Morgan fingerprint density at radius 1 is 1.21 bits per heavy atom. The van der Waals surface area contributed by atoms with Gasteiger partial charge in [0, 0.05) is 19.2 Å². The van der Waals surface area contributed by atoms with E-state index in [4.69, 9.17) is 4.74 Å². The van der Waals surface area contributed by atoms with E-state index < -0.39 is 0 Å². The smallest absolute Gasteiger partial charge is 0.243 e. The highest BCUT2D eigenvalue weighted by molar-refractivity contribution is 5.81. The first-order valence-corrected chi connectivity index (χ1v) is 8.77. The van der Waals surface area contributed by atoms with Crippen LogP contribution in [-0.2, 0) is 22.7 Å². The molecule has 0 saturated heterocycles. The lowest BCUT2D eigenvalue weighted by molar-refractivity contribution is -0.136. The highest BCUT2D eigenvalue weighted by Crippen LogP contribution is 2.19. The Balaban J connectivity index is 2.36. The predicted molar refractivity (Wildman–Crippen MR) is 96.8 cm³/mol. The van der Waals surface area contributed by atoms with E-state index >= 15 is 0 Å². The van der Waals surface area contributed by atoms with Gasteiger partial charge in [-0.3, -0.25) is 4.79 Å². The van der Waals surface area contributed by atoms with Crippen LogP contribution in [0.3, 0.4) is 0 Å². The van der Waals surface area contributed by atoms with E-state index in [-0.39, 0.29) is 18.0 Å². The first-order valence-electron chi connectivity index (χ1n) is 8.77. The van der Waals surface area contributed by atoms with Gasteiger partial charge in [0.15, 0.2) is 0 Å². The van der Waals surface area contributed by atoms with Crippen molar-refractivity contribution in [3.05, 3.63) is 30.1 Å². The van der Waals surface area contributed by atoms with Gasteiger partial charge in [-0.1, -0.05) is 26.0 Å². The summed E-state index contributed by atoms with van der Waals surface area (Å²) in [6, 6.07) is 8.37. The van der Waals surface area contributed by atoms with Crippen molar-refractivity contribution in [3.8, 4) is 0 Å². The number of aromatic nitrogens is 2. The van der Waals surface area contributed by atoms with Gasteiger partial charge in [0.1, 0.15) is 19.0 Å². The third-order valence-corrected chi connectivity index (χ3v) is 4.72. The highest BCUT2D eigenvalue weighted by atomic mass is 16.5. The van der Waals surface area contributed by atoms with Gasteiger partial charge < -0.3 is 14.2 Å². The van der Waals surface area contributed by atoms with E-state index in [9.17, 15) is 4.79 Å². The molecule has 5 nitrogen and oxygen atoms in total. The lowest BCUT2D eigenvalue weighted by Gasteiger charge is -2.34. The average Bonchev–Trinajstić information content (AvgIpc) is 2.92. The molecule has 5 heteroatoms. The molecule has 1 amide bonds. The van der Waals surface area contributed by atoms with Crippen molar-refractivity contribution >= 4 is 16.9 Å². The maximum Gasteiger partial charge on any atom is 0.243 e. The predicted octanol–water partition coefficient (Wildman–Crippen LogP) is 3.61. The van der Waals surface area contributed by atoms with Crippen LogP contribution >= 0.6 is 0 Å². The lowest BCUT2D eigenvalue weighted by Crippen LogP contribution is -2.45. The first-order chi connectivity index (χ1) is 11.5. The number of rotatable bonds is 8. The molecule has 0 spiro atoms. The van der Waals surface area contributed by atoms with Crippen molar-refractivity contribution in [1.82, 2.24) is 14.5 Å². The molecule has 0 fully saturated rings. The van der Waals surface area contributed by atoms with Gasteiger partial charge >= 0.3 is 0 Å². The second-order valence-electron chi connectivity index (χ2n) is 6.35. The zero-order valence-corrected chi connectivity index (χ0v) is 15.5. The number of nitrogens with zero attached hydrogens (tertiary/aromatic N) is 3. The zero-order valence-electron chi connectivity index (χ0n) is 15.5. The Kier molecular flexibility index (Phi) is 6.37. The molecule has 2 rings (SSSR count). The van der Waals surface area contributed by atoms with Crippen molar-refractivity contribution in [3.63, 3.8) is 0 Å². The molecule has 0 saturated carbocycles. The van der Waals surface area contributed by atoms with Crippen LogP contribution in [0, 0.1) is 0 Å². The second kappa shape index (κ2) is 8.29. The normalized spacial score (nSPS) is 13.9. The number of carbonyl (C=O) groups excluding carboxylic acids is 1. The molecule has 0 aliphatic carbocycles. The summed E-state index contributed by atoms with van der Waals surface area (Å²) < 4.78 is 7.25. The Morgan fingerprint density at radius 2 is 1.83 bits per heavy atom. The topological polar surface area (TPSA) is 47.4 Å². The molecule has 2 unspecified atom stereocenters. The number of para-hydroxylation sites is 2. The zero-order chi connectivity index (χ0) is 17.7. The van der Waals surface area contributed by atoms with Crippen LogP contribution in [0.4, 0.5) is 0 Å². The molecule has 1 aromatic carbocycles. The monoisotopic (exact) mass is 331 g/mol. The van der Waals surface area contributed by atoms with Crippen molar-refractivity contribution in [2.75, 3.05) is 7.11 Å². The molecule has 0 aliphatic heterocycles. The number of methoxy groups -OCH3 is 1. The molecule has 132 valence electrons. The van der Waals surface area contributed by atoms with Crippen molar-refractivity contribution in [2.45, 2.75) is 65.8 Å². The summed E-state index contributed by atoms with van der Waals surface area (Å²) in [7, 11) is 1.65. The maximum absolute atomic E-state index is 13.0. The molecule has 0 aliphatic rings. The fraction of sp³-hybridized carbons (Fsp3) is 0.579. The number of ether oxygens (including phenoxy) is 1. The number of benzene rings is 1. The Labute approximate surface area is 144 Å². The molecule has 0 bridgehead atoms. The van der Waals surface area contributed by atoms with Crippen molar-refractivity contribution in [2.24, 2.45) is 0 Å². The van der Waals surface area contributed by atoms with E-state index in [0.29, 0.717) is 13.2 Å². The van der Waals surface area contributed by atoms with Gasteiger partial charge in [0.05, 0.1) is 11.0 Å². The minimum Gasteiger partial charge on any atom is -0.377 e. The largest absolute Gasteiger partial charge is 0.377 e. The second-order valence-corrected chi connectivity index (χ2v) is 6.35. The van der Waals surface area contributed by atoms with Gasteiger partial charge in [-0.25, -0.2) is 4.98 Å². The molecule has 0 radical (unpaired) electrons. The molecular formula is C19H29N3O2. The number of hydrogen-bond acceptors (Lipinski definition) is 3. The van der Waals surface area contributed by atoms with Crippen molar-refractivity contribution in [1.29, 1.82) is 0 Å². The number of carbonyl (C=O) groups is 1. The molecule has 1 aromatic heterocycles. The first kappa shape index (κ1) is 18.5. The van der Waals surface area contributed by atoms with E-state index in [0.717, 1.165) is 29.7 Å². The van der Waals surface area contributed by atoms with Gasteiger partial charge in [0.25, 0.3) is 0 Å². The maximum atomic E-state index is 13.0. The minimum absolute atomic E-state index is 0.138. The third kappa shape index (κ3) is 3.78. The lowest BCUT2D eigenvalue weighted by atomic mass is 10.1. The molecule has 1 heterocycles. The van der Waals surface area contributed by atoms with E-state index in [1.165, 1.54) is 0 Å². The Morgan fingerprint density at radius 3 is 2.42 bits per heavy atom. The Hall–Kier alpha value is -1.88. The van der Waals surface area contributed by atoms with Gasteiger partial charge in [0.2, 0.25) is 5.91 Å². The van der Waals surface area contributed by atoms with Crippen molar-refractivity contribution < 1.29 is 9.53 Å². The highest BCUT2D eigenvalue weighted by Gasteiger charge is 2.25. The number of fused-ring (bicyclic) bond motifs is 1. The Bertz CT molecular complexity index is 670. The van der Waals surface area contributed by atoms with Crippen LogP contribution in [0.25, 0.3) is 11.0 Å². The molecule has 0 N–H and O–H groups in total. The summed E-state index contributed by atoms with van der Waals surface area (Å²) in [6.45, 7) is 9.17. The van der Waals surface area contributed by atoms with Crippen LogP contribution in [0.1, 0.15) is 46.4 Å². The standard InChI is InChI=1S/C19H29N3O2/c1-6-14(3)22(15(4)7-2)19(23)12-21-17-11-9-8-10-16(17)20-18(21)13-24-5/h8-11,14-15H,6-7,12-13H2,1-5H3. The molecule has 2 atom stereocenters. The van der Waals surface area contributed by atoms with E-state index in [1.807, 2.05) is 33.7 Å². The third-order valence-electron chi connectivity index (χ3n) is 4.72. The number of hydrogen-bond donors (Lipinski definition) is 0. The summed E-state index contributed by atoms with van der Waals surface area (Å²) in [5.74, 6) is 0.930. The van der Waals surface area contributed by atoms with Gasteiger partial charge in [-0.05, 0) is 38.8 Å². The number of imidazole rings is 1. The van der Waals surface area contributed by atoms with Gasteiger partial charge in [-0.2, -0.15) is 0 Å². The fourth-order valence-electron chi connectivity index (χ4n) is 3.08. The summed E-state index contributed by atoms with van der Waals surface area (Å²) in [5.41, 5.74) is 1.88. The van der Waals surface area contributed by atoms with E-state index in [1.54, 1.807) is 7.11 Å². The average molecular weight is 331 g/mol. The van der Waals surface area contributed by atoms with Gasteiger partial charge in [-0.15, -0.1) is 0 Å². The summed E-state index contributed by atoms with van der Waals surface area (Å²) in [6.07, 6.45) is 1.90. The summed E-state index contributed by atoms with van der Waals surface area (Å²) in [4.78, 5) is 19.7. The van der Waals surface area contributed by atoms with E-state index in [2.05, 4.69) is 32.7 Å². The molecular weight excluding hydrogens is 302 g/mol. The number of amides is 1. The summed E-state index contributed by atoms with van der Waals surface area (Å²) in [5, 5.41) is 0. The molecule has 24 heavy (non-hydrogen) atoms. The minimum atomic E-state index is 0.138. The van der Waals surface area contributed by atoms with Crippen LogP contribution < -0.4 is 0 Å². The van der Waals surface area contributed by atoms with Crippen LogP contribution in [0.5, 0.6) is 0 Å². The fourth-order valence-corrected chi connectivity index (χ4v) is 3.08. The van der Waals surface area contributed by atoms with Crippen LogP contribution in [0.15, 0.2) is 24.3 Å². The summed E-state index contributed by atoms with van der Waals surface area (Å²) >= 11 is 0. The van der Waals surface area contributed by atoms with Crippen LogP contribution in [-0.4, -0.2) is 39.6 Å².